The van der Waals surface area contributed by atoms with Gasteiger partial charge in [-0.15, -0.1) is 0 Å². The second kappa shape index (κ2) is 10.8. The van der Waals surface area contributed by atoms with Crippen molar-refractivity contribution in [2.75, 3.05) is 32.8 Å². The van der Waals surface area contributed by atoms with Crippen LogP contribution in [0.3, 0.4) is 0 Å². The number of benzene rings is 2. The lowest BCUT2D eigenvalue weighted by Gasteiger charge is -2.44. The van der Waals surface area contributed by atoms with E-state index < -0.39 is 11.8 Å². The lowest BCUT2D eigenvalue weighted by atomic mass is 9.95. The highest BCUT2D eigenvalue weighted by atomic mass is 35.5. The Hall–Kier alpha value is -2.94. The molecule has 8 nitrogen and oxygen atoms in total. The Kier molecular flexibility index (Phi) is 7.51. The smallest absolute Gasteiger partial charge is 0.257 e. The van der Waals surface area contributed by atoms with E-state index in [0.29, 0.717) is 55.2 Å². The first kappa shape index (κ1) is 25.7. The van der Waals surface area contributed by atoms with Gasteiger partial charge < -0.3 is 19.7 Å². The second-order valence-corrected chi connectivity index (χ2v) is 10.4. The minimum atomic E-state index is -0.962. The molecule has 5 rings (SSSR count). The quantitative estimate of drug-likeness (QED) is 0.646. The summed E-state index contributed by atoms with van der Waals surface area (Å²) in [6.07, 6.45) is 2.71. The fourth-order valence-electron chi connectivity index (χ4n) is 5.51. The zero-order valence-electron chi connectivity index (χ0n) is 21.0. The number of aryl methyl sites for hydroxylation is 1. The number of ether oxygens (including phenoxy) is 2. The number of rotatable bonds is 5. The van der Waals surface area contributed by atoms with E-state index in [2.05, 4.69) is 5.32 Å². The highest BCUT2D eigenvalue weighted by molar-refractivity contribution is 6.30. The first-order valence-electron chi connectivity index (χ1n) is 12.9. The molecule has 3 saturated heterocycles. The maximum Gasteiger partial charge on any atom is 0.257 e. The van der Waals surface area contributed by atoms with Crippen LogP contribution in [0, 0.1) is 6.92 Å². The van der Waals surface area contributed by atoms with Crippen molar-refractivity contribution in [1.29, 1.82) is 0 Å². The van der Waals surface area contributed by atoms with Crippen molar-refractivity contribution in [2.24, 2.45) is 0 Å². The summed E-state index contributed by atoms with van der Waals surface area (Å²) in [5.41, 5.74) is 0.939. The molecule has 3 aliphatic heterocycles. The Balaban J connectivity index is 1.36. The van der Waals surface area contributed by atoms with Crippen molar-refractivity contribution in [3.63, 3.8) is 0 Å². The summed E-state index contributed by atoms with van der Waals surface area (Å²) in [5, 5.41) is 3.48. The van der Waals surface area contributed by atoms with Crippen LogP contribution >= 0.6 is 11.6 Å². The van der Waals surface area contributed by atoms with Gasteiger partial charge in [-0.05, 0) is 49.6 Å². The van der Waals surface area contributed by atoms with E-state index in [0.717, 1.165) is 18.4 Å². The first-order valence-corrected chi connectivity index (χ1v) is 13.2. The Bertz CT molecular complexity index is 1170. The highest BCUT2D eigenvalue weighted by Crippen LogP contribution is 2.39. The average molecular weight is 526 g/mol. The zero-order chi connectivity index (χ0) is 26.0. The van der Waals surface area contributed by atoms with Crippen molar-refractivity contribution < 1.29 is 23.9 Å². The van der Waals surface area contributed by atoms with Crippen LogP contribution in [0.5, 0.6) is 0 Å². The molecule has 0 radical (unpaired) electrons. The molecule has 0 saturated carbocycles. The summed E-state index contributed by atoms with van der Waals surface area (Å²) in [4.78, 5) is 43.7. The molecule has 2 atom stereocenters. The van der Waals surface area contributed by atoms with Gasteiger partial charge in [0, 0.05) is 55.2 Å². The van der Waals surface area contributed by atoms with Crippen LogP contribution in [-0.2, 0) is 14.3 Å². The lowest BCUT2D eigenvalue weighted by Crippen LogP contribution is -2.60. The summed E-state index contributed by atoms with van der Waals surface area (Å²) in [7, 11) is 0. The summed E-state index contributed by atoms with van der Waals surface area (Å²) in [6.45, 7) is 3.91. The monoisotopic (exact) mass is 525 g/mol. The van der Waals surface area contributed by atoms with E-state index in [1.807, 2.05) is 25.1 Å². The molecule has 3 heterocycles. The van der Waals surface area contributed by atoms with Crippen LogP contribution < -0.4 is 5.32 Å². The number of halogens is 1. The van der Waals surface area contributed by atoms with Crippen LogP contribution in [-0.4, -0.2) is 78.2 Å². The van der Waals surface area contributed by atoms with Gasteiger partial charge >= 0.3 is 0 Å². The first-order chi connectivity index (χ1) is 17.9. The number of amides is 3. The number of carbonyl (C=O) groups excluding carboxylic acids is 3. The molecule has 0 aromatic heterocycles. The van der Waals surface area contributed by atoms with Crippen molar-refractivity contribution in [3.8, 4) is 0 Å². The molecule has 2 aromatic rings. The minimum Gasteiger partial charge on any atom is -0.376 e. The van der Waals surface area contributed by atoms with E-state index in [-0.39, 0.29) is 30.4 Å². The van der Waals surface area contributed by atoms with Crippen LogP contribution in [0.4, 0.5) is 0 Å². The third kappa shape index (κ3) is 5.23. The fourth-order valence-corrected chi connectivity index (χ4v) is 5.70. The van der Waals surface area contributed by atoms with Gasteiger partial charge in [0.1, 0.15) is 11.8 Å². The summed E-state index contributed by atoms with van der Waals surface area (Å²) < 4.78 is 11.9. The molecule has 0 aliphatic carbocycles. The zero-order valence-corrected chi connectivity index (χ0v) is 21.7. The third-order valence-electron chi connectivity index (χ3n) is 7.59. The highest BCUT2D eigenvalue weighted by Gasteiger charge is 2.54. The topological polar surface area (TPSA) is 88.2 Å². The largest absolute Gasteiger partial charge is 0.376 e. The van der Waals surface area contributed by atoms with Gasteiger partial charge in [0.05, 0.1) is 12.7 Å². The molecule has 196 valence electrons. The maximum atomic E-state index is 13.9. The summed E-state index contributed by atoms with van der Waals surface area (Å²) in [5.74, 6) is -0.591. The van der Waals surface area contributed by atoms with Crippen molar-refractivity contribution in [2.45, 2.75) is 50.5 Å². The van der Waals surface area contributed by atoms with Crippen molar-refractivity contribution in [1.82, 2.24) is 15.1 Å². The molecule has 1 N–H and O–H groups in total. The Morgan fingerprint density at radius 3 is 2.57 bits per heavy atom. The lowest BCUT2D eigenvalue weighted by molar-refractivity contribution is -0.128. The van der Waals surface area contributed by atoms with E-state index in [9.17, 15) is 14.4 Å². The van der Waals surface area contributed by atoms with Gasteiger partial charge in [-0.1, -0.05) is 35.9 Å². The van der Waals surface area contributed by atoms with Gasteiger partial charge in [-0.2, -0.15) is 0 Å². The van der Waals surface area contributed by atoms with Crippen LogP contribution in [0.25, 0.3) is 0 Å². The van der Waals surface area contributed by atoms with Crippen LogP contribution in [0.15, 0.2) is 48.5 Å². The molecule has 37 heavy (non-hydrogen) atoms. The van der Waals surface area contributed by atoms with E-state index in [1.165, 1.54) is 0 Å². The SMILES string of the molecule is Cc1ccccc1C(=O)N1[C@H](C(=O)NC[C@@H]2CCCO2)COC12CCN(C(=O)c1cccc(Cl)c1)CC2. The Labute approximate surface area is 221 Å². The van der Waals surface area contributed by atoms with Crippen molar-refractivity contribution in [3.05, 3.63) is 70.2 Å². The number of hydrogen-bond donors (Lipinski definition) is 1. The van der Waals surface area contributed by atoms with E-state index in [4.69, 9.17) is 21.1 Å². The van der Waals surface area contributed by atoms with E-state index >= 15 is 0 Å². The number of hydrogen-bond acceptors (Lipinski definition) is 5. The molecule has 3 fully saturated rings. The normalized spacial score (nSPS) is 22.9. The van der Waals surface area contributed by atoms with Gasteiger partial charge in [0.25, 0.3) is 11.8 Å². The number of nitrogens with zero attached hydrogens (tertiary/aromatic N) is 2. The molecular formula is C28H32ClN3O5. The molecule has 2 aromatic carbocycles. The molecule has 3 aliphatic rings. The van der Waals surface area contributed by atoms with Crippen molar-refractivity contribution >= 4 is 29.3 Å². The predicted octanol–water partition coefficient (Wildman–Crippen LogP) is 3.42. The van der Waals surface area contributed by atoms with Crippen LogP contribution in [0.1, 0.15) is 52.0 Å². The number of piperidine rings is 1. The Morgan fingerprint density at radius 2 is 1.86 bits per heavy atom. The van der Waals surface area contributed by atoms with Gasteiger partial charge in [-0.25, -0.2) is 0 Å². The summed E-state index contributed by atoms with van der Waals surface area (Å²) >= 11 is 6.08. The predicted molar refractivity (Wildman–Crippen MR) is 138 cm³/mol. The third-order valence-corrected chi connectivity index (χ3v) is 7.82. The standard InChI is InChI=1S/C28H32ClN3O5/c1-19-6-2-3-10-23(19)27(35)32-24(25(33)30-17-22-9-5-15-36-22)18-37-28(32)11-13-31(14-12-28)26(34)20-7-4-8-21(29)16-20/h2-4,6-8,10,16,22,24H,5,9,11-15,17-18H2,1H3,(H,30,33)/t22-,24-/m0/s1. The second-order valence-electron chi connectivity index (χ2n) is 9.95. The Morgan fingerprint density at radius 1 is 1.08 bits per heavy atom. The summed E-state index contributed by atoms with van der Waals surface area (Å²) in [6, 6.07) is 13.5. The van der Waals surface area contributed by atoms with E-state index in [1.54, 1.807) is 40.1 Å². The average Bonchev–Trinajstić information content (AvgIpc) is 3.56. The molecular weight excluding hydrogens is 494 g/mol. The molecule has 1 spiro atoms. The van der Waals surface area contributed by atoms with Gasteiger partial charge in [0.15, 0.2) is 0 Å². The molecule has 3 amide bonds. The number of likely N-dealkylation sites (tertiary alicyclic amines) is 1. The molecule has 0 bridgehead atoms. The maximum absolute atomic E-state index is 13.9. The minimum absolute atomic E-state index is 0.00138. The van der Waals surface area contributed by atoms with Crippen LogP contribution in [0.2, 0.25) is 5.02 Å². The number of nitrogens with one attached hydrogen (secondary N) is 1. The van der Waals surface area contributed by atoms with Gasteiger partial charge in [-0.3, -0.25) is 19.3 Å². The number of carbonyl (C=O) groups is 3. The van der Waals surface area contributed by atoms with Gasteiger partial charge in [0.2, 0.25) is 5.91 Å². The molecule has 0 unspecified atom stereocenters. The molecule has 9 heteroatoms. The fraction of sp³-hybridized carbons (Fsp3) is 0.464.